The van der Waals surface area contributed by atoms with Gasteiger partial charge in [0.1, 0.15) is 0 Å². The van der Waals surface area contributed by atoms with E-state index in [9.17, 15) is 0 Å². The number of anilines is 3. The highest BCUT2D eigenvalue weighted by molar-refractivity contribution is 6.11. The van der Waals surface area contributed by atoms with Gasteiger partial charge in [0, 0.05) is 38.8 Å². The molecule has 13 aromatic rings. The number of para-hydroxylation sites is 3. The van der Waals surface area contributed by atoms with Crippen molar-refractivity contribution in [3.05, 3.63) is 312 Å². The van der Waals surface area contributed by atoms with Crippen LogP contribution in [0, 0.1) is 0 Å². The van der Waals surface area contributed by atoms with Crippen LogP contribution in [0.15, 0.2) is 279 Å². The first-order chi connectivity index (χ1) is 38.5. The van der Waals surface area contributed by atoms with Crippen LogP contribution < -0.4 is 4.90 Å². The average molecular weight is 993 g/mol. The number of aromatic nitrogens is 1. The van der Waals surface area contributed by atoms with Gasteiger partial charge in [0.2, 0.25) is 0 Å². The fraction of sp³-hybridized carbons (Fsp3) is 0.0526. The highest BCUT2D eigenvalue weighted by Gasteiger charge is 2.54. The molecule has 12 aromatic carbocycles. The second-order valence-electron chi connectivity index (χ2n) is 21.9. The number of fused-ring (bicyclic) bond motifs is 17. The van der Waals surface area contributed by atoms with Crippen LogP contribution in [0.5, 0.6) is 0 Å². The molecule has 0 atom stereocenters. The van der Waals surface area contributed by atoms with E-state index in [0.717, 1.165) is 39.4 Å². The molecule has 0 unspecified atom stereocenters. The zero-order chi connectivity index (χ0) is 51.7. The van der Waals surface area contributed by atoms with E-state index in [-0.39, 0.29) is 5.41 Å². The fourth-order valence-corrected chi connectivity index (χ4v) is 14.4. The molecule has 0 radical (unpaired) electrons. The maximum Gasteiger partial charge on any atom is 0.0725 e. The summed E-state index contributed by atoms with van der Waals surface area (Å²) in [6.07, 6.45) is 0. The van der Waals surface area contributed by atoms with Crippen LogP contribution in [-0.4, -0.2) is 4.57 Å². The van der Waals surface area contributed by atoms with Gasteiger partial charge in [-0.2, -0.15) is 0 Å². The lowest BCUT2D eigenvalue weighted by Crippen LogP contribution is -2.26. The molecule has 3 aliphatic rings. The molecule has 1 spiro atoms. The highest BCUT2D eigenvalue weighted by Crippen LogP contribution is 2.68. The lowest BCUT2D eigenvalue weighted by Gasteiger charge is -2.33. The van der Waals surface area contributed by atoms with Gasteiger partial charge in [-0.3, -0.25) is 0 Å². The fourth-order valence-electron chi connectivity index (χ4n) is 14.4. The third kappa shape index (κ3) is 6.20. The first-order valence-electron chi connectivity index (χ1n) is 27.3. The minimum absolute atomic E-state index is 0.326. The minimum Gasteiger partial charge on any atom is -0.310 e. The summed E-state index contributed by atoms with van der Waals surface area (Å²) in [6, 6.07) is 104. The first kappa shape index (κ1) is 44.5. The minimum atomic E-state index is -0.528. The molecule has 16 rings (SSSR count). The van der Waals surface area contributed by atoms with E-state index < -0.39 is 5.41 Å². The third-order valence-corrected chi connectivity index (χ3v) is 17.5. The van der Waals surface area contributed by atoms with E-state index in [1.807, 2.05) is 0 Å². The van der Waals surface area contributed by atoms with Gasteiger partial charge in [-0.1, -0.05) is 226 Å². The smallest absolute Gasteiger partial charge is 0.0725 e. The van der Waals surface area contributed by atoms with Gasteiger partial charge in [0.05, 0.1) is 22.1 Å². The average Bonchev–Trinajstić information content (AvgIpc) is 4.36. The summed E-state index contributed by atoms with van der Waals surface area (Å²) in [4.78, 5) is 2.53. The molecule has 3 aliphatic carbocycles. The summed E-state index contributed by atoms with van der Waals surface area (Å²) in [7, 11) is 0. The summed E-state index contributed by atoms with van der Waals surface area (Å²) in [6.45, 7) is 4.91. The Bertz CT molecular complexity index is 4530. The van der Waals surface area contributed by atoms with E-state index in [1.54, 1.807) is 0 Å². The van der Waals surface area contributed by atoms with Gasteiger partial charge in [0.25, 0.3) is 0 Å². The summed E-state index contributed by atoms with van der Waals surface area (Å²) >= 11 is 0. The monoisotopic (exact) mass is 992 g/mol. The van der Waals surface area contributed by atoms with Crippen LogP contribution in [0.2, 0.25) is 0 Å². The summed E-state index contributed by atoms with van der Waals surface area (Å²) < 4.78 is 2.41. The van der Waals surface area contributed by atoms with Crippen molar-refractivity contribution in [3.8, 4) is 72.4 Å². The van der Waals surface area contributed by atoms with Gasteiger partial charge in [0.15, 0.2) is 0 Å². The van der Waals surface area contributed by atoms with Gasteiger partial charge in [-0.05, 0) is 161 Å². The predicted molar refractivity (Wildman–Crippen MR) is 326 cm³/mol. The molecule has 0 aliphatic heterocycles. The molecule has 0 N–H and O–H groups in total. The molecule has 366 valence electrons. The van der Waals surface area contributed by atoms with E-state index >= 15 is 0 Å². The standard InChI is InChI=1S/C76H52N2/c1-75(2)64-36-18-14-34-60(64)73-72-61-35-15-21-39-67(61)76(65-37-19-12-31-57(65)58-32-13-20-38-66(58)76)68(72)48-62(74(73)75)52-44-51(49-24-6-3-7-25-49)45-55(46-52)77(69-40-22-16-30-56(69)50-26-8-4-9-27-50)54-42-43-71-63(47-54)59-33-17-23-41-70(59)78(71)53-28-10-5-11-29-53/h3-48H,1-2H3. The molecule has 2 heteroatoms. The molecule has 0 saturated carbocycles. The number of nitrogens with zero attached hydrogens (tertiary/aromatic N) is 2. The SMILES string of the molecule is CC1(C)c2ccccc2-c2c3c(cc(-c4cc(-c5ccccc5)cc(N(c5ccc6c(c5)c5ccccc5n6-c5ccccc5)c5ccccc5-c5ccccc5)c4)c21)C1(c2ccccc2-c2ccccc21)c1ccccc1-3. The van der Waals surface area contributed by atoms with E-state index in [1.165, 1.54) is 105 Å². The number of rotatable bonds is 7. The van der Waals surface area contributed by atoms with Crippen molar-refractivity contribution in [2.24, 2.45) is 0 Å². The Hall–Kier alpha value is -9.76. The molecule has 1 heterocycles. The van der Waals surface area contributed by atoms with Crippen molar-refractivity contribution < 1.29 is 0 Å². The quantitative estimate of drug-likeness (QED) is 0.154. The molecular weight excluding hydrogens is 941 g/mol. The van der Waals surface area contributed by atoms with Crippen molar-refractivity contribution >= 4 is 38.9 Å². The lowest BCUT2D eigenvalue weighted by atomic mass is 9.69. The lowest BCUT2D eigenvalue weighted by molar-refractivity contribution is 0.661. The van der Waals surface area contributed by atoms with Crippen LogP contribution in [0.1, 0.15) is 47.2 Å². The van der Waals surface area contributed by atoms with E-state index in [2.05, 4.69) is 302 Å². The van der Waals surface area contributed by atoms with E-state index in [4.69, 9.17) is 0 Å². The molecule has 1 aromatic heterocycles. The van der Waals surface area contributed by atoms with Crippen molar-refractivity contribution in [1.29, 1.82) is 0 Å². The zero-order valence-electron chi connectivity index (χ0n) is 43.5. The number of benzene rings is 12. The van der Waals surface area contributed by atoms with Crippen LogP contribution >= 0.6 is 0 Å². The normalized spacial score (nSPS) is 13.7. The molecule has 2 nitrogen and oxygen atoms in total. The maximum atomic E-state index is 2.64. The Balaban J connectivity index is 1.03. The molecular formula is C76H52N2. The maximum absolute atomic E-state index is 2.64. The van der Waals surface area contributed by atoms with Gasteiger partial charge >= 0.3 is 0 Å². The highest BCUT2D eigenvalue weighted by atomic mass is 15.1. The van der Waals surface area contributed by atoms with Crippen LogP contribution in [0.3, 0.4) is 0 Å². The van der Waals surface area contributed by atoms with Crippen molar-refractivity contribution in [2.45, 2.75) is 24.7 Å². The zero-order valence-corrected chi connectivity index (χ0v) is 43.5. The van der Waals surface area contributed by atoms with E-state index in [0.29, 0.717) is 0 Å². The third-order valence-electron chi connectivity index (χ3n) is 17.5. The Labute approximate surface area is 455 Å². The predicted octanol–water partition coefficient (Wildman–Crippen LogP) is 19.9. The largest absolute Gasteiger partial charge is 0.310 e. The van der Waals surface area contributed by atoms with Crippen LogP contribution in [-0.2, 0) is 10.8 Å². The molecule has 78 heavy (non-hydrogen) atoms. The molecule has 0 fully saturated rings. The molecule has 0 amide bonds. The summed E-state index contributed by atoms with van der Waals surface area (Å²) in [5.41, 5.74) is 29.1. The number of hydrogen-bond acceptors (Lipinski definition) is 1. The van der Waals surface area contributed by atoms with Crippen LogP contribution in [0.4, 0.5) is 17.1 Å². The van der Waals surface area contributed by atoms with Gasteiger partial charge in [-0.25, -0.2) is 0 Å². The number of hydrogen-bond donors (Lipinski definition) is 0. The summed E-state index contributed by atoms with van der Waals surface area (Å²) in [5.74, 6) is 0. The Morgan fingerprint density at radius 1 is 0.308 bits per heavy atom. The van der Waals surface area contributed by atoms with Crippen molar-refractivity contribution in [3.63, 3.8) is 0 Å². The second kappa shape index (κ2) is 16.9. The van der Waals surface area contributed by atoms with Gasteiger partial charge < -0.3 is 9.47 Å². The Morgan fingerprint density at radius 3 is 1.51 bits per heavy atom. The first-order valence-corrected chi connectivity index (χ1v) is 27.3. The molecule has 0 saturated heterocycles. The van der Waals surface area contributed by atoms with Crippen molar-refractivity contribution in [1.82, 2.24) is 4.57 Å². The summed E-state index contributed by atoms with van der Waals surface area (Å²) in [5, 5.41) is 2.42. The second-order valence-corrected chi connectivity index (χ2v) is 21.9. The van der Waals surface area contributed by atoms with Gasteiger partial charge in [-0.15, -0.1) is 0 Å². The van der Waals surface area contributed by atoms with Crippen molar-refractivity contribution in [2.75, 3.05) is 4.90 Å². The topological polar surface area (TPSA) is 8.17 Å². The Kier molecular flexibility index (Phi) is 9.63. The van der Waals surface area contributed by atoms with Crippen LogP contribution in [0.25, 0.3) is 94.3 Å². The Morgan fingerprint density at radius 2 is 0.821 bits per heavy atom. The molecule has 0 bridgehead atoms.